The number of carbonyl (C=O) groups is 1. The van der Waals surface area contributed by atoms with Crippen molar-refractivity contribution >= 4 is 44.6 Å². The highest BCUT2D eigenvalue weighted by Crippen LogP contribution is 2.48. The first-order valence-electron chi connectivity index (χ1n) is 15.3. The van der Waals surface area contributed by atoms with Gasteiger partial charge in [0.25, 0.3) is 0 Å². The molecule has 2 aliphatic heterocycles. The van der Waals surface area contributed by atoms with Gasteiger partial charge in [-0.1, -0.05) is 34.4 Å². The van der Waals surface area contributed by atoms with Crippen LogP contribution in [0.4, 0.5) is 5.82 Å². The number of aromatic nitrogens is 2. The number of halogens is 2. The lowest BCUT2D eigenvalue weighted by Gasteiger charge is -2.38. The molecule has 9 nitrogen and oxygen atoms in total. The fourth-order valence-corrected chi connectivity index (χ4v) is 9.48. The Hall–Kier alpha value is -2.50. The van der Waals surface area contributed by atoms with Crippen molar-refractivity contribution in [1.82, 2.24) is 10.1 Å². The first-order valence-corrected chi connectivity index (χ1v) is 17.8. The Bertz CT molecular complexity index is 1630. The van der Waals surface area contributed by atoms with E-state index in [1.807, 2.05) is 12.1 Å². The van der Waals surface area contributed by atoms with Crippen LogP contribution in [-0.2, 0) is 25.9 Å². The maximum Gasteiger partial charge on any atom is 0.179 e. The highest BCUT2D eigenvalue weighted by Gasteiger charge is 2.50. The molecule has 7 rings (SSSR count). The van der Waals surface area contributed by atoms with E-state index < -0.39 is 26.6 Å². The summed E-state index contributed by atoms with van der Waals surface area (Å²) in [5.41, 5.74) is 2.57. The second-order valence-electron chi connectivity index (χ2n) is 12.5. The maximum atomic E-state index is 12.9. The number of nitrogens with zero attached hydrogens (tertiary/aromatic N) is 3. The molecule has 0 amide bonds. The van der Waals surface area contributed by atoms with Gasteiger partial charge in [-0.2, -0.15) is 0 Å². The minimum absolute atomic E-state index is 0.0685. The van der Waals surface area contributed by atoms with Crippen LogP contribution >= 0.6 is 23.2 Å². The highest BCUT2D eigenvalue weighted by molar-refractivity contribution is 7.92. The average molecular weight is 661 g/mol. The molecule has 4 fully saturated rings. The fourth-order valence-electron chi connectivity index (χ4n) is 7.23. The van der Waals surface area contributed by atoms with Crippen molar-refractivity contribution in [2.24, 2.45) is 5.92 Å². The number of ether oxygens (including phenoxy) is 2. The predicted molar refractivity (Wildman–Crippen MR) is 167 cm³/mol. The lowest BCUT2D eigenvalue weighted by Crippen LogP contribution is -2.45. The first kappa shape index (κ1) is 30.2. The van der Waals surface area contributed by atoms with Crippen molar-refractivity contribution < 1.29 is 27.2 Å². The van der Waals surface area contributed by atoms with Crippen LogP contribution in [0.2, 0.25) is 10.0 Å². The normalized spacial score (nSPS) is 25.6. The summed E-state index contributed by atoms with van der Waals surface area (Å²) in [6.07, 6.45) is 6.43. The van der Waals surface area contributed by atoms with E-state index in [2.05, 4.69) is 22.0 Å². The summed E-state index contributed by atoms with van der Waals surface area (Å²) in [5, 5.41) is 4.92. The van der Waals surface area contributed by atoms with Crippen molar-refractivity contribution in [2.45, 2.75) is 81.4 Å². The molecule has 2 saturated heterocycles. The largest absolute Gasteiger partial charge is 0.381 e. The van der Waals surface area contributed by atoms with Crippen LogP contribution in [-0.4, -0.2) is 66.7 Å². The van der Waals surface area contributed by atoms with Crippen molar-refractivity contribution in [3.05, 3.63) is 63.5 Å². The molecule has 234 valence electrons. The zero-order valence-corrected chi connectivity index (χ0v) is 26.8. The Morgan fingerprint density at radius 3 is 2.48 bits per heavy atom. The number of benzene rings is 1. The van der Waals surface area contributed by atoms with Gasteiger partial charge < -0.3 is 18.9 Å². The van der Waals surface area contributed by atoms with E-state index in [1.54, 1.807) is 18.2 Å². The number of hydrogen-bond acceptors (Lipinski definition) is 9. The van der Waals surface area contributed by atoms with Crippen LogP contribution in [0, 0.1) is 5.92 Å². The van der Waals surface area contributed by atoms with E-state index >= 15 is 0 Å². The molecule has 2 aliphatic carbocycles. The van der Waals surface area contributed by atoms with Gasteiger partial charge in [0.2, 0.25) is 0 Å². The number of hydrogen-bond donors (Lipinski definition) is 0. The molecule has 1 aromatic carbocycles. The SMILES string of the molecule is CC1C2CC(CC2OCc2c(-c3c(Cl)cccc3Cl)noc2C2CC2)N1c1ccc(C(=O)CS(=O)(=O)C2CCOCC2)cn1. The third-order valence-corrected chi connectivity index (χ3v) is 12.5. The maximum absolute atomic E-state index is 12.9. The van der Waals surface area contributed by atoms with Crippen LogP contribution < -0.4 is 4.90 Å². The van der Waals surface area contributed by atoms with Gasteiger partial charge in [0, 0.05) is 60.0 Å². The van der Waals surface area contributed by atoms with Gasteiger partial charge in [-0.15, -0.1) is 0 Å². The highest BCUT2D eigenvalue weighted by atomic mass is 35.5. The second kappa shape index (κ2) is 12.0. The quantitative estimate of drug-likeness (QED) is 0.232. The van der Waals surface area contributed by atoms with E-state index in [0.29, 0.717) is 71.4 Å². The molecule has 2 saturated carbocycles. The number of piperidine rings is 1. The molecule has 44 heavy (non-hydrogen) atoms. The molecular formula is C32H35Cl2N3O6S. The molecule has 4 atom stereocenters. The van der Waals surface area contributed by atoms with Gasteiger partial charge in [-0.3, -0.25) is 4.79 Å². The van der Waals surface area contributed by atoms with Crippen molar-refractivity contribution in [2.75, 3.05) is 23.9 Å². The molecule has 4 unspecified atom stereocenters. The number of ketones is 1. The number of carbonyl (C=O) groups excluding carboxylic acids is 1. The summed E-state index contributed by atoms with van der Waals surface area (Å²) in [5.74, 6) is 1.40. The molecule has 3 aromatic rings. The van der Waals surface area contributed by atoms with Gasteiger partial charge >= 0.3 is 0 Å². The van der Waals surface area contributed by atoms with Gasteiger partial charge in [0.05, 0.1) is 28.0 Å². The summed E-state index contributed by atoms with van der Waals surface area (Å²) in [6, 6.07) is 9.39. The Morgan fingerprint density at radius 1 is 1.07 bits per heavy atom. The van der Waals surface area contributed by atoms with E-state index in [-0.39, 0.29) is 18.2 Å². The fraction of sp³-hybridized carbons (Fsp3) is 0.531. The first-order chi connectivity index (χ1) is 21.2. The van der Waals surface area contributed by atoms with Gasteiger partial charge in [-0.25, -0.2) is 13.4 Å². The van der Waals surface area contributed by atoms with Crippen molar-refractivity contribution in [3.63, 3.8) is 0 Å². The number of fused-ring (bicyclic) bond motifs is 2. The van der Waals surface area contributed by atoms with Crippen LogP contribution in [0.5, 0.6) is 0 Å². The number of anilines is 1. The standard InChI is InChI=1S/C32H35Cl2N3O6S/c1-18-23-13-21(37(18)29-8-7-20(15-35-29)27(38)17-44(39,40)22-9-11-41-12-10-22)14-28(23)42-16-24-31(36-43-32(24)19-5-6-19)30-25(33)3-2-4-26(30)34/h2-4,7-8,15,18-19,21-23,28H,5-6,9-14,16-17H2,1H3. The lowest BCUT2D eigenvalue weighted by atomic mass is 9.97. The van der Waals surface area contributed by atoms with Gasteiger partial charge in [0.15, 0.2) is 15.6 Å². The van der Waals surface area contributed by atoms with Crippen LogP contribution in [0.3, 0.4) is 0 Å². The van der Waals surface area contributed by atoms with Gasteiger partial charge in [-0.05, 0) is 69.7 Å². The topological polar surface area (TPSA) is 112 Å². The van der Waals surface area contributed by atoms with E-state index in [9.17, 15) is 13.2 Å². The summed E-state index contributed by atoms with van der Waals surface area (Å²) < 4.78 is 43.2. The van der Waals surface area contributed by atoms with E-state index in [4.69, 9.17) is 37.2 Å². The molecule has 2 aromatic heterocycles. The zero-order chi connectivity index (χ0) is 30.6. The smallest absolute Gasteiger partial charge is 0.179 e. The third kappa shape index (κ3) is 5.68. The third-order valence-electron chi connectivity index (χ3n) is 9.73. The molecule has 4 heterocycles. The average Bonchev–Trinajstić information content (AvgIpc) is 3.52. The van der Waals surface area contributed by atoms with E-state index in [1.165, 1.54) is 6.20 Å². The number of rotatable bonds is 10. The van der Waals surface area contributed by atoms with Crippen LogP contribution in [0.25, 0.3) is 11.3 Å². The minimum Gasteiger partial charge on any atom is -0.381 e. The Balaban J connectivity index is 1.01. The predicted octanol–water partition coefficient (Wildman–Crippen LogP) is 6.27. The van der Waals surface area contributed by atoms with Crippen LogP contribution in [0.1, 0.15) is 73.0 Å². The number of Topliss-reactive ketones (excluding diaryl/α,β-unsaturated/α-hetero) is 1. The van der Waals surface area contributed by atoms with Crippen LogP contribution in [0.15, 0.2) is 41.1 Å². The molecule has 0 radical (unpaired) electrons. The molecule has 2 bridgehead atoms. The van der Waals surface area contributed by atoms with Crippen molar-refractivity contribution in [1.29, 1.82) is 0 Å². The van der Waals surface area contributed by atoms with Crippen molar-refractivity contribution in [3.8, 4) is 11.3 Å². The monoisotopic (exact) mass is 659 g/mol. The Morgan fingerprint density at radius 2 is 1.82 bits per heavy atom. The van der Waals surface area contributed by atoms with Gasteiger partial charge in [0.1, 0.15) is 23.0 Å². The lowest BCUT2D eigenvalue weighted by molar-refractivity contribution is 0.00359. The number of pyridine rings is 1. The second-order valence-corrected chi connectivity index (χ2v) is 15.6. The molecular weight excluding hydrogens is 625 g/mol. The summed E-state index contributed by atoms with van der Waals surface area (Å²) in [4.78, 5) is 19.8. The summed E-state index contributed by atoms with van der Waals surface area (Å²) >= 11 is 13.1. The number of sulfone groups is 1. The Kier molecular flexibility index (Phi) is 8.24. The van der Waals surface area contributed by atoms with E-state index in [0.717, 1.165) is 42.8 Å². The zero-order valence-electron chi connectivity index (χ0n) is 24.5. The minimum atomic E-state index is -3.53. The summed E-state index contributed by atoms with van der Waals surface area (Å²) in [6.45, 7) is 3.39. The summed E-state index contributed by atoms with van der Waals surface area (Å²) in [7, 11) is -3.53. The molecule has 0 N–H and O–H groups in total. The Labute approximate surface area is 267 Å². The molecule has 0 spiro atoms. The molecule has 4 aliphatic rings. The molecule has 12 heteroatoms.